The first-order valence-electron chi connectivity index (χ1n) is 6.03. The molecule has 0 saturated carbocycles. The molecule has 0 aromatic heterocycles. The largest absolute Gasteiger partial charge is 0.471 e. The third-order valence-corrected chi connectivity index (χ3v) is 2.68. The van der Waals surface area contributed by atoms with Crippen LogP contribution in [0, 0.1) is 5.92 Å². The quantitative estimate of drug-likeness (QED) is 0.809. The monoisotopic (exact) mass is 254 g/mol. The molecule has 2 unspecified atom stereocenters. The Balaban J connectivity index is 0.00000121. The standard InChI is InChI=1S/C9H15F3N2O.C2H6/c1-2-7(6-3-4-13-5-6)14-8(15)9(10,11)12;1-2/h6-7,13H,2-5H2,1H3,(H,14,15);1-2H3. The van der Waals surface area contributed by atoms with Crippen molar-refractivity contribution in [2.45, 2.75) is 45.8 Å². The number of halogens is 3. The zero-order valence-corrected chi connectivity index (χ0v) is 10.5. The molecule has 3 nitrogen and oxygen atoms in total. The lowest BCUT2D eigenvalue weighted by molar-refractivity contribution is -0.174. The molecule has 2 atom stereocenters. The lowest BCUT2D eigenvalue weighted by Gasteiger charge is -2.23. The van der Waals surface area contributed by atoms with Crippen molar-refractivity contribution >= 4 is 5.91 Å². The molecule has 0 aliphatic carbocycles. The van der Waals surface area contributed by atoms with Gasteiger partial charge >= 0.3 is 12.1 Å². The summed E-state index contributed by atoms with van der Waals surface area (Å²) in [6.07, 6.45) is -3.44. The number of rotatable bonds is 3. The van der Waals surface area contributed by atoms with Gasteiger partial charge in [0.2, 0.25) is 0 Å². The van der Waals surface area contributed by atoms with Crippen molar-refractivity contribution in [1.82, 2.24) is 10.6 Å². The molecule has 0 aromatic rings. The van der Waals surface area contributed by atoms with E-state index in [9.17, 15) is 18.0 Å². The molecule has 0 aromatic carbocycles. The zero-order valence-electron chi connectivity index (χ0n) is 10.5. The molecule has 1 aliphatic rings. The Bertz CT molecular complexity index is 225. The molecule has 17 heavy (non-hydrogen) atoms. The topological polar surface area (TPSA) is 41.1 Å². The van der Waals surface area contributed by atoms with E-state index in [0.29, 0.717) is 13.0 Å². The van der Waals surface area contributed by atoms with Gasteiger partial charge in [-0.25, -0.2) is 0 Å². The molecule has 1 heterocycles. The minimum Gasteiger partial charge on any atom is -0.345 e. The summed E-state index contributed by atoms with van der Waals surface area (Å²) in [5.41, 5.74) is 0. The first kappa shape index (κ1) is 16.2. The van der Waals surface area contributed by atoms with Crippen LogP contribution in [-0.4, -0.2) is 31.2 Å². The van der Waals surface area contributed by atoms with E-state index in [1.807, 2.05) is 19.2 Å². The molecule has 1 amide bonds. The van der Waals surface area contributed by atoms with Gasteiger partial charge in [0.25, 0.3) is 0 Å². The van der Waals surface area contributed by atoms with Gasteiger partial charge in [0, 0.05) is 6.04 Å². The predicted molar refractivity (Wildman–Crippen MR) is 60.6 cm³/mol. The zero-order chi connectivity index (χ0) is 13.5. The highest BCUT2D eigenvalue weighted by molar-refractivity contribution is 5.81. The Morgan fingerprint density at radius 3 is 2.41 bits per heavy atom. The SMILES string of the molecule is CC.CCC(NC(=O)C(F)(F)F)C1CCNC1. The van der Waals surface area contributed by atoms with Crippen LogP contribution in [0.25, 0.3) is 0 Å². The second-order valence-electron chi connectivity index (χ2n) is 3.74. The number of carbonyl (C=O) groups excluding carboxylic acids is 1. The Kier molecular flexibility index (Phi) is 7.18. The summed E-state index contributed by atoms with van der Waals surface area (Å²) in [7, 11) is 0. The summed E-state index contributed by atoms with van der Waals surface area (Å²) in [6.45, 7) is 7.26. The van der Waals surface area contributed by atoms with Crippen molar-refractivity contribution in [2.24, 2.45) is 5.92 Å². The normalized spacial score (nSPS) is 21.4. The van der Waals surface area contributed by atoms with Gasteiger partial charge in [0.05, 0.1) is 0 Å². The molecule has 0 radical (unpaired) electrons. The minimum atomic E-state index is -4.78. The molecular weight excluding hydrogens is 233 g/mol. The summed E-state index contributed by atoms with van der Waals surface area (Å²) in [5, 5.41) is 5.11. The van der Waals surface area contributed by atoms with Gasteiger partial charge in [0.1, 0.15) is 0 Å². The van der Waals surface area contributed by atoms with E-state index in [-0.39, 0.29) is 12.0 Å². The van der Waals surface area contributed by atoms with E-state index in [1.54, 1.807) is 6.92 Å². The fourth-order valence-electron chi connectivity index (χ4n) is 1.82. The fourth-order valence-corrected chi connectivity index (χ4v) is 1.82. The Labute approximate surface area is 100 Å². The van der Waals surface area contributed by atoms with Gasteiger partial charge in [-0.2, -0.15) is 13.2 Å². The van der Waals surface area contributed by atoms with Crippen molar-refractivity contribution in [2.75, 3.05) is 13.1 Å². The Hall–Kier alpha value is -0.780. The van der Waals surface area contributed by atoms with Gasteiger partial charge in [-0.1, -0.05) is 20.8 Å². The maximum absolute atomic E-state index is 12.0. The van der Waals surface area contributed by atoms with Crippen molar-refractivity contribution in [1.29, 1.82) is 0 Å². The lowest BCUT2D eigenvalue weighted by Crippen LogP contribution is -2.46. The number of alkyl halides is 3. The summed E-state index contributed by atoms with van der Waals surface area (Å²) in [5.74, 6) is -1.72. The second-order valence-corrected chi connectivity index (χ2v) is 3.74. The number of amides is 1. The highest BCUT2D eigenvalue weighted by atomic mass is 19.4. The fraction of sp³-hybridized carbons (Fsp3) is 0.909. The van der Waals surface area contributed by atoms with Crippen molar-refractivity contribution in [3.63, 3.8) is 0 Å². The van der Waals surface area contributed by atoms with Crippen molar-refractivity contribution < 1.29 is 18.0 Å². The maximum Gasteiger partial charge on any atom is 0.471 e. The van der Waals surface area contributed by atoms with E-state index in [4.69, 9.17) is 0 Å². The first-order chi connectivity index (χ1) is 7.95. The van der Waals surface area contributed by atoms with E-state index >= 15 is 0 Å². The van der Waals surface area contributed by atoms with E-state index in [0.717, 1.165) is 13.0 Å². The predicted octanol–water partition coefficient (Wildman–Crippen LogP) is 2.08. The summed E-state index contributed by atoms with van der Waals surface area (Å²) in [6, 6.07) is -0.380. The van der Waals surface area contributed by atoms with Crippen LogP contribution < -0.4 is 10.6 Å². The van der Waals surface area contributed by atoms with Crippen LogP contribution in [0.1, 0.15) is 33.6 Å². The number of hydrogen-bond acceptors (Lipinski definition) is 2. The molecule has 6 heteroatoms. The van der Waals surface area contributed by atoms with Crippen LogP contribution in [0.3, 0.4) is 0 Å². The molecule has 1 rings (SSSR count). The summed E-state index contributed by atoms with van der Waals surface area (Å²) >= 11 is 0. The first-order valence-corrected chi connectivity index (χ1v) is 6.03. The van der Waals surface area contributed by atoms with Crippen molar-refractivity contribution in [3.05, 3.63) is 0 Å². The van der Waals surface area contributed by atoms with E-state index in [2.05, 4.69) is 5.32 Å². The smallest absolute Gasteiger partial charge is 0.345 e. The molecule has 1 saturated heterocycles. The number of carbonyl (C=O) groups is 1. The summed E-state index contributed by atoms with van der Waals surface area (Å²) < 4.78 is 36.0. The molecule has 2 N–H and O–H groups in total. The van der Waals surface area contributed by atoms with Crippen LogP contribution in [0.5, 0.6) is 0 Å². The highest BCUT2D eigenvalue weighted by Crippen LogP contribution is 2.19. The molecule has 0 bridgehead atoms. The van der Waals surface area contributed by atoms with Crippen LogP contribution >= 0.6 is 0 Å². The van der Waals surface area contributed by atoms with Gasteiger partial charge < -0.3 is 10.6 Å². The lowest BCUT2D eigenvalue weighted by atomic mass is 9.97. The van der Waals surface area contributed by atoms with Crippen LogP contribution in [0.4, 0.5) is 13.2 Å². The van der Waals surface area contributed by atoms with Crippen LogP contribution in [0.2, 0.25) is 0 Å². The maximum atomic E-state index is 12.0. The second kappa shape index (κ2) is 7.53. The van der Waals surface area contributed by atoms with Gasteiger partial charge in [-0.05, 0) is 31.8 Å². The van der Waals surface area contributed by atoms with Crippen LogP contribution in [0.15, 0.2) is 0 Å². The average Bonchev–Trinajstić information content (AvgIpc) is 2.80. The Morgan fingerprint density at radius 2 is 2.06 bits per heavy atom. The van der Waals surface area contributed by atoms with Crippen LogP contribution in [-0.2, 0) is 4.79 Å². The number of nitrogens with one attached hydrogen (secondary N) is 2. The Morgan fingerprint density at radius 1 is 1.47 bits per heavy atom. The van der Waals surface area contributed by atoms with Gasteiger partial charge in [-0.3, -0.25) is 4.79 Å². The third-order valence-electron chi connectivity index (χ3n) is 2.68. The van der Waals surface area contributed by atoms with E-state index < -0.39 is 12.1 Å². The highest BCUT2D eigenvalue weighted by Gasteiger charge is 2.40. The molecule has 102 valence electrons. The minimum absolute atomic E-state index is 0.112. The van der Waals surface area contributed by atoms with E-state index in [1.165, 1.54) is 0 Å². The van der Waals surface area contributed by atoms with Gasteiger partial charge in [0.15, 0.2) is 0 Å². The molecule has 1 aliphatic heterocycles. The average molecular weight is 254 g/mol. The molecule has 1 fully saturated rings. The number of hydrogen-bond donors (Lipinski definition) is 2. The molecule has 0 spiro atoms. The third kappa shape index (κ3) is 5.39. The molecular formula is C11H21F3N2O. The van der Waals surface area contributed by atoms with Crippen molar-refractivity contribution in [3.8, 4) is 0 Å². The van der Waals surface area contributed by atoms with Gasteiger partial charge in [-0.15, -0.1) is 0 Å². The summed E-state index contributed by atoms with van der Waals surface area (Å²) in [4.78, 5) is 10.7.